The Kier molecular flexibility index (Phi) is 1.97. The number of nitrogens with one attached hydrogen (secondary N) is 1. The minimum absolute atomic E-state index is 0.760. The monoisotopic (exact) mass is 187 g/mol. The van der Waals surface area contributed by atoms with Crippen LogP contribution in [0, 0.1) is 11.8 Å². The van der Waals surface area contributed by atoms with Crippen LogP contribution < -0.4 is 5.32 Å². The van der Waals surface area contributed by atoms with Crippen LogP contribution in [-0.4, -0.2) is 6.04 Å². The maximum atomic E-state index is 3.67. The van der Waals surface area contributed by atoms with Crippen LogP contribution in [-0.2, 0) is 0 Å². The van der Waals surface area contributed by atoms with Gasteiger partial charge in [0.05, 0.1) is 0 Å². The summed E-state index contributed by atoms with van der Waals surface area (Å²) < 4.78 is 0. The first-order valence-corrected chi connectivity index (χ1v) is 5.73. The van der Waals surface area contributed by atoms with Crippen LogP contribution in [0.5, 0.6) is 0 Å². The number of hydrogen-bond acceptors (Lipinski definition) is 1. The lowest BCUT2D eigenvalue weighted by molar-refractivity contribution is 0.440. The Morgan fingerprint density at radius 2 is 1.86 bits per heavy atom. The quantitative estimate of drug-likeness (QED) is 0.749. The molecule has 0 amide bonds. The SMILES string of the molecule is c1ccc(N[C@@H]2C[C@H]3CC[C@@H]2C3)cc1. The van der Waals surface area contributed by atoms with Gasteiger partial charge < -0.3 is 5.32 Å². The van der Waals surface area contributed by atoms with Crippen LogP contribution in [0.4, 0.5) is 5.69 Å². The first-order chi connectivity index (χ1) is 6.92. The first kappa shape index (κ1) is 8.34. The van der Waals surface area contributed by atoms with E-state index >= 15 is 0 Å². The van der Waals surface area contributed by atoms with Crippen LogP contribution in [0.3, 0.4) is 0 Å². The molecule has 0 aliphatic heterocycles. The van der Waals surface area contributed by atoms with Crippen LogP contribution >= 0.6 is 0 Å². The van der Waals surface area contributed by atoms with Gasteiger partial charge in [0.15, 0.2) is 0 Å². The van der Waals surface area contributed by atoms with Crippen molar-refractivity contribution >= 4 is 5.69 Å². The number of rotatable bonds is 2. The zero-order valence-electron chi connectivity index (χ0n) is 8.45. The van der Waals surface area contributed by atoms with Gasteiger partial charge in [-0.25, -0.2) is 0 Å². The fourth-order valence-electron chi connectivity index (χ4n) is 3.17. The molecule has 1 N–H and O–H groups in total. The predicted molar refractivity (Wildman–Crippen MR) is 59.3 cm³/mol. The van der Waals surface area contributed by atoms with E-state index < -0.39 is 0 Å². The largest absolute Gasteiger partial charge is 0.382 e. The summed E-state index contributed by atoms with van der Waals surface area (Å²) in [6.45, 7) is 0. The fourth-order valence-corrected chi connectivity index (χ4v) is 3.17. The third-order valence-corrected chi connectivity index (χ3v) is 3.86. The Morgan fingerprint density at radius 1 is 1.00 bits per heavy atom. The second-order valence-corrected chi connectivity index (χ2v) is 4.79. The predicted octanol–water partition coefficient (Wildman–Crippen LogP) is 3.29. The van der Waals surface area contributed by atoms with E-state index in [2.05, 4.69) is 35.6 Å². The van der Waals surface area contributed by atoms with E-state index in [9.17, 15) is 0 Å². The first-order valence-electron chi connectivity index (χ1n) is 5.73. The van der Waals surface area contributed by atoms with E-state index in [1.807, 2.05) is 0 Å². The molecule has 0 saturated heterocycles. The zero-order valence-corrected chi connectivity index (χ0v) is 8.45. The van der Waals surface area contributed by atoms with Crippen LogP contribution in [0.1, 0.15) is 25.7 Å². The van der Waals surface area contributed by atoms with E-state index in [0.717, 1.165) is 17.9 Å². The van der Waals surface area contributed by atoms with Crippen molar-refractivity contribution < 1.29 is 0 Å². The Hall–Kier alpha value is -0.980. The van der Waals surface area contributed by atoms with E-state index in [1.165, 1.54) is 31.4 Å². The van der Waals surface area contributed by atoms with Gasteiger partial charge in [-0.1, -0.05) is 24.6 Å². The summed E-state index contributed by atoms with van der Waals surface area (Å²) in [6.07, 6.45) is 5.82. The highest BCUT2D eigenvalue weighted by molar-refractivity contribution is 5.44. The van der Waals surface area contributed by atoms with Crippen molar-refractivity contribution in [2.45, 2.75) is 31.7 Å². The third-order valence-electron chi connectivity index (χ3n) is 3.86. The summed E-state index contributed by atoms with van der Waals surface area (Å²) in [7, 11) is 0. The van der Waals surface area contributed by atoms with Gasteiger partial charge >= 0.3 is 0 Å². The summed E-state index contributed by atoms with van der Waals surface area (Å²) in [5.74, 6) is 1.99. The van der Waals surface area contributed by atoms with E-state index in [1.54, 1.807) is 0 Å². The lowest BCUT2D eigenvalue weighted by Crippen LogP contribution is -2.25. The molecule has 0 radical (unpaired) electrons. The Morgan fingerprint density at radius 3 is 2.50 bits per heavy atom. The minimum atomic E-state index is 0.760. The van der Waals surface area contributed by atoms with Gasteiger partial charge in [-0.15, -0.1) is 0 Å². The molecule has 2 bridgehead atoms. The molecule has 2 aliphatic rings. The number of para-hydroxylation sites is 1. The van der Waals surface area contributed by atoms with Crippen LogP contribution in [0.25, 0.3) is 0 Å². The van der Waals surface area contributed by atoms with Gasteiger partial charge in [-0.05, 0) is 43.2 Å². The van der Waals surface area contributed by atoms with Crippen molar-refractivity contribution in [1.82, 2.24) is 0 Å². The second-order valence-electron chi connectivity index (χ2n) is 4.79. The van der Waals surface area contributed by atoms with E-state index in [4.69, 9.17) is 0 Å². The number of anilines is 1. The second kappa shape index (κ2) is 3.30. The van der Waals surface area contributed by atoms with Crippen molar-refractivity contribution in [1.29, 1.82) is 0 Å². The summed E-state index contributed by atoms with van der Waals surface area (Å²) in [5, 5.41) is 3.67. The molecular weight excluding hydrogens is 170 g/mol. The summed E-state index contributed by atoms with van der Waals surface area (Å²) in [6, 6.07) is 11.4. The highest BCUT2D eigenvalue weighted by atomic mass is 14.9. The summed E-state index contributed by atoms with van der Waals surface area (Å²) >= 11 is 0. The molecule has 3 atom stereocenters. The molecule has 2 aliphatic carbocycles. The Balaban J connectivity index is 1.69. The van der Waals surface area contributed by atoms with Gasteiger partial charge in [0, 0.05) is 11.7 Å². The molecule has 1 heteroatoms. The molecular formula is C13H17N. The molecule has 1 aromatic rings. The number of hydrogen-bond donors (Lipinski definition) is 1. The Labute approximate surface area is 85.5 Å². The van der Waals surface area contributed by atoms with Gasteiger partial charge in [0.1, 0.15) is 0 Å². The molecule has 2 saturated carbocycles. The zero-order chi connectivity index (χ0) is 9.38. The average molecular weight is 187 g/mol. The smallest absolute Gasteiger partial charge is 0.0342 e. The minimum Gasteiger partial charge on any atom is -0.382 e. The van der Waals surface area contributed by atoms with Gasteiger partial charge in [0.25, 0.3) is 0 Å². The van der Waals surface area contributed by atoms with Gasteiger partial charge in [-0.3, -0.25) is 0 Å². The van der Waals surface area contributed by atoms with Crippen molar-refractivity contribution in [2.75, 3.05) is 5.32 Å². The topological polar surface area (TPSA) is 12.0 Å². The molecule has 0 spiro atoms. The number of benzene rings is 1. The van der Waals surface area contributed by atoms with Crippen LogP contribution in [0.2, 0.25) is 0 Å². The molecule has 1 aromatic carbocycles. The lowest BCUT2D eigenvalue weighted by atomic mass is 9.95. The van der Waals surface area contributed by atoms with Crippen molar-refractivity contribution in [3.8, 4) is 0 Å². The Bertz CT molecular complexity index is 306. The molecule has 0 unspecified atom stereocenters. The molecule has 0 heterocycles. The summed E-state index contributed by atoms with van der Waals surface area (Å²) in [5.41, 5.74) is 1.30. The van der Waals surface area contributed by atoms with Crippen LogP contribution in [0.15, 0.2) is 30.3 Å². The molecule has 1 nitrogen and oxygen atoms in total. The van der Waals surface area contributed by atoms with Crippen molar-refractivity contribution in [2.24, 2.45) is 11.8 Å². The molecule has 3 rings (SSSR count). The van der Waals surface area contributed by atoms with Gasteiger partial charge in [0.2, 0.25) is 0 Å². The maximum absolute atomic E-state index is 3.67. The molecule has 0 aromatic heterocycles. The maximum Gasteiger partial charge on any atom is 0.0342 e. The van der Waals surface area contributed by atoms with Gasteiger partial charge in [-0.2, -0.15) is 0 Å². The fraction of sp³-hybridized carbons (Fsp3) is 0.538. The van der Waals surface area contributed by atoms with E-state index in [0.29, 0.717) is 0 Å². The number of fused-ring (bicyclic) bond motifs is 2. The highest BCUT2D eigenvalue weighted by Crippen LogP contribution is 2.45. The van der Waals surface area contributed by atoms with Crippen molar-refractivity contribution in [3.05, 3.63) is 30.3 Å². The average Bonchev–Trinajstić information content (AvgIpc) is 2.81. The van der Waals surface area contributed by atoms with Crippen molar-refractivity contribution in [3.63, 3.8) is 0 Å². The molecule has 74 valence electrons. The highest BCUT2D eigenvalue weighted by Gasteiger charge is 2.39. The lowest BCUT2D eigenvalue weighted by Gasteiger charge is -2.23. The molecule has 2 fully saturated rings. The summed E-state index contributed by atoms with van der Waals surface area (Å²) in [4.78, 5) is 0. The normalized spacial score (nSPS) is 34.7. The van der Waals surface area contributed by atoms with E-state index in [-0.39, 0.29) is 0 Å². The standard InChI is InChI=1S/C13H17N/c1-2-4-12(5-3-1)14-13-9-10-6-7-11(13)8-10/h1-5,10-11,13-14H,6-9H2/t10-,11+,13+/m0/s1. The molecule has 14 heavy (non-hydrogen) atoms. The third kappa shape index (κ3) is 1.41.